The van der Waals surface area contributed by atoms with E-state index in [1.54, 1.807) is 24.6 Å². The van der Waals surface area contributed by atoms with E-state index in [-0.39, 0.29) is 11.6 Å². The summed E-state index contributed by atoms with van der Waals surface area (Å²) in [6, 6.07) is 7.13. The van der Waals surface area contributed by atoms with Crippen LogP contribution in [0.1, 0.15) is 28.7 Å². The molecule has 2 aromatic rings. The van der Waals surface area contributed by atoms with E-state index in [1.807, 2.05) is 19.1 Å². The maximum Gasteiger partial charge on any atom is 0.337 e. The predicted octanol–water partition coefficient (Wildman–Crippen LogP) is 2.09. The molecule has 1 unspecified atom stereocenters. The number of carboxylic acid groups (broad SMARTS) is 1. The van der Waals surface area contributed by atoms with Crippen molar-refractivity contribution >= 4 is 5.97 Å². The Hall–Kier alpha value is -2.14. The molecule has 2 N–H and O–H groups in total. The monoisotopic (exact) mass is 260 g/mol. The lowest BCUT2D eigenvalue weighted by atomic mass is 10.1. The second-order valence-electron chi connectivity index (χ2n) is 4.37. The Bertz CT molecular complexity index is 537. The summed E-state index contributed by atoms with van der Waals surface area (Å²) < 4.78 is 5.27. The summed E-state index contributed by atoms with van der Waals surface area (Å²) in [7, 11) is 0. The molecule has 0 spiro atoms. The number of aromatic nitrogens is 1. The van der Waals surface area contributed by atoms with Crippen molar-refractivity contribution < 1.29 is 14.3 Å². The zero-order chi connectivity index (χ0) is 13.7. The molecule has 100 valence electrons. The summed E-state index contributed by atoms with van der Waals surface area (Å²) in [6.07, 6.45) is 3.99. The average Bonchev–Trinajstić information content (AvgIpc) is 2.89. The van der Waals surface area contributed by atoms with Gasteiger partial charge in [0.1, 0.15) is 5.76 Å². The zero-order valence-corrected chi connectivity index (χ0v) is 10.7. The molecule has 0 amide bonds. The van der Waals surface area contributed by atoms with Crippen LogP contribution < -0.4 is 5.32 Å². The van der Waals surface area contributed by atoms with Gasteiger partial charge in [-0.3, -0.25) is 4.98 Å². The van der Waals surface area contributed by atoms with Gasteiger partial charge in [-0.25, -0.2) is 4.79 Å². The first-order valence-corrected chi connectivity index (χ1v) is 6.09. The fourth-order valence-electron chi connectivity index (χ4n) is 1.85. The van der Waals surface area contributed by atoms with Crippen LogP contribution in [0.2, 0.25) is 0 Å². The molecule has 0 aliphatic rings. The highest BCUT2D eigenvalue weighted by atomic mass is 16.4. The molecule has 5 heteroatoms. The second kappa shape index (κ2) is 6.15. The fourth-order valence-corrected chi connectivity index (χ4v) is 1.85. The second-order valence-corrected chi connectivity index (χ2v) is 4.37. The van der Waals surface area contributed by atoms with E-state index in [2.05, 4.69) is 10.3 Å². The van der Waals surface area contributed by atoms with Crippen LogP contribution >= 0.6 is 0 Å². The summed E-state index contributed by atoms with van der Waals surface area (Å²) in [5.41, 5.74) is 0.779. The molecule has 0 aromatic carbocycles. The van der Waals surface area contributed by atoms with Crippen LogP contribution in [-0.4, -0.2) is 22.1 Å². The molecule has 0 radical (unpaired) electrons. The third kappa shape index (κ3) is 3.66. The lowest BCUT2D eigenvalue weighted by Crippen LogP contribution is -2.28. The van der Waals surface area contributed by atoms with E-state index in [1.165, 1.54) is 0 Å². The zero-order valence-electron chi connectivity index (χ0n) is 10.7. The van der Waals surface area contributed by atoms with Gasteiger partial charge in [0.05, 0.1) is 17.5 Å². The maximum absolute atomic E-state index is 11.0. The number of carbonyl (C=O) groups is 1. The Morgan fingerprint density at radius 1 is 1.47 bits per heavy atom. The van der Waals surface area contributed by atoms with Crippen LogP contribution in [0.4, 0.5) is 0 Å². The Morgan fingerprint density at radius 2 is 2.32 bits per heavy atom. The lowest BCUT2D eigenvalue weighted by Gasteiger charge is -2.13. The smallest absolute Gasteiger partial charge is 0.337 e. The summed E-state index contributed by atoms with van der Waals surface area (Å²) >= 11 is 0. The number of furan rings is 1. The first-order chi connectivity index (χ1) is 9.16. The van der Waals surface area contributed by atoms with Crippen LogP contribution in [0.25, 0.3) is 0 Å². The average molecular weight is 260 g/mol. The lowest BCUT2D eigenvalue weighted by molar-refractivity contribution is 0.0695. The minimum absolute atomic E-state index is 0.176. The van der Waals surface area contributed by atoms with E-state index >= 15 is 0 Å². The van der Waals surface area contributed by atoms with Crippen molar-refractivity contribution in [3.63, 3.8) is 0 Å². The maximum atomic E-state index is 11.0. The molecule has 2 heterocycles. The van der Waals surface area contributed by atoms with Gasteiger partial charge in [0.15, 0.2) is 0 Å². The first kappa shape index (κ1) is 13.3. The molecule has 5 nitrogen and oxygen atoms in total. The highest BCUT2D eigenvalue weighted by Gasteiger charge is 2.12. The minimum Gasteiger partial charge on any atom is -0.478 e. The molecule has 1 atom stereocenters. The SMILES string of the molecule is CC(Cc1ccco1)NCc1ncccc1C(=O)O. The minimum atomic E-state index is -0.955. The number of nitrogens with one attached hydrogen (secondary N) is 1. The third-order valence-corrected chi connectivity index (χ3v) is 2.83. The van der Waals surface area contributed by atoms with Gasteiger partial charge >= 0.3 is 5.97 Å². The van der Waals surface area contributed by atoms with Gasteiger partial charge in [-0.2, -0.15) is 0 Å². The van der Waals surface area contributed by atoms with Crippen molar-refractivity contribution in [3.05, 3.63) is 53.7 Å². The van der Waals surface area contributed by atoms with Crippen LogP contribution in [0.5, 0.6) is 0 Å². The molecule has 0 saturated carbocycles. The Labute approximate surface area is 111 Å². The molecular weight excluding hydrogens is 244 g/mol. The number of rotatable bonds is 6. The summed E-state index contributed by atoms with van der Waals surface area (Å²) in [5.74, 6) is -0.0527. The number of nitrogens with zero attached hydrogens (tertiary/aromatic N) is 1. The standard InChI is InChI=1S/C14H16N2O3/c1-10(8-11-4-3-7-19-11)16-9-13-12(14(17)18)5-2-6-15-13/h2-7,10,16H,8-9H2,1H3,(H,17,18). The number of pyridine rings is 1. The van der Waals surface area contributed by atoms with Gasteiger partial charge in [-0.05, 0) is 31.2 Å². The number of aromatic carboxylic acids is 1. The normalized spacial score (nSPS) is 12.3. The molecule has 2 rings (SSSR count). The van der Waals surface area contributed by atoms with Gasteiger partial charge in [-0.1, -0.05) is 0 Å². The Morgan fingerprint density at radius 3 is 3.00 bits per heavy atom. The molecule has 2 aromatic heterocycles. The van der Waals surface area contributed by atoms with Crippen molar-refractivity contribution in [1.29, 1.82) is 0 Å². The predicted molar refractivity (Wildman–Crippen MR) is 69.9 cm³/mol. The topological polar surface area (TPSA) is 75.4 Å². The van der Waals surface area contributed by atoms with Crippen LogP contribution in [0.3, 0.4) is 0 Å². The summed E-state index contributed by atoms with van der Waals surface area (Å²) in [6.45, 7) is 2.44. The van der Waals surface area contributed by atoms with E-state index < -0.39 is 5.97 Å². The van der Waals surface area contributed by atoms with E-state index in [4.69, 9.17) is 9.52 Å². The van der Waals surface area contributed by atoms with Gasteiger partial charge in [0.25, 0.3) is 0 Å². The molecule has 0 saturated heterocycles. The Kier molecular flexibility index (Phi) is 4.30. The first-order valence-electron chi connectivity index (χ1n) is 6.09. The van der Waals surface area contributed by atoms with Crippen molar-refractivity contribution in [2.45, 2.75) is 25.9 Å². The van der Waals surface area contributed by atoms with Crippen molar-refractivity contribution in [2.24, 2.45) is 0 Å². The Balaban J connectivity index is 1.93. The fraction of sp³-hybridized carbons (Fsp3) is 0.286. The van der Waals surface area contributed by atoms with Gasteiger partial charge in [-0.15, -0.1) is 0 Å². The molecular formula is C14H16N2O3. The molecule has 0 aliphatic carbocycles. The van der Waals surface area contributed by atoms with Gasteiger partial charge in [0, 0.05) is 25.2 Å². The highest BCUT2D eigenvalue weighted by molar-refractivity contribution is 5.88. The van der Waals surface area contributed by atoms with Crippen molar-refractivity contribution in [1.82, 2.24) is 10.3 Å². The highest BCUT2D eigenvalue weighted by Crippen LogP contribution is 2.07. The van der Waals surface area contributed by atoms with E-state index in [0.29, 0.717) is 12.2 Å². The largest absolute Gasteiger partial charge is 0.478 e. The van der Waals surface area contributed by atoms with Crippen molar-refractivity contribution in [3.8, 4) is 0 Å². The van der Waals surface area contributed by atoms with Crippen LogP contribution in [-0.2, 0) is 13.0 Å². The van der Waals surface area contributed by atoms with Crippen molar-refractivity contribution in [2.75, 3.05) is 0 Å². The molecule has 19 heavy (non-hydrogen) atoms. The third-order valence-electron chi connectivity index (χ3n) is 2.83. The molecule has 0 bridgehead atoms. The quantitative estimate of drug-likeness (QED) is 0.831. The molecule has 0 aliphatic heterocycles. The number of carboxylic acids is 1. The van der Waals surface area contributed by atoms with Gasteiger partial charge < -0.3 is 14.8 Å². The van der Waals surface area contributed by atoms with E-state index in [9.17, 15) is 4.79 Å². The number of hydrogen-bond donors (Lipinski definition) is 2. The van der Waals surface area contributed by atoms with Crippen LogP contribution in [0, 0.1) is 0 Å². The number of hydrogen-bond acceptors (Lipinski definition) is 4. The summed E-state index contributed by atoms with van der Waals surface area (Å²) in [4.78, 5) is 15.1. The van der Waals surface area contributed by atoms with Crippen LogP contribution in [0.15, 0.2) is 41.1 Å². The molecule has 0 fully saturated rings. The summed E-state index contributed by atoms with van der Waals surface area (Å²) in [5, 5.41) is 12.3. The van der Waals surface area contributed by atoms with Gasteiger partial charge in [0.2, 0.25) is 0 Å². The van der Waals surface area contributed by atoms with E-state index in [0.717, 1.165) is 12.2 Å².